The molecular formula is C14H21N5O. The van der Waals surface area contributed by atoms with Gasteiger partial charge in [-0.05, 0) is 19.9 Å². The molecule has 0 aliphatic carbocycles. The maximum Gasteiger partial charge on any atom is 0.238 e. The molecule has 0 aliphatic rings. The number of aromatic nitrogens is 3. The Balaban J connectivity index is 2.10. The van der Waals surface area contributed by atoms with Crippen LogP contribution in [0.2, 0.25) is 0 Å². The molecule has 0 aromatic carbocycles. The highest BCUT2D eigenvalue weighted by Gasteiger charge is 2.09. The van der Waals surface area contributed by atoms with Crippen LogP contribution in [0.3, 0.4) is 0 Å². The van der Waals surface area contributed by atoms with Crippen LogP contribution in [0, 0.1) is 0 Å². The van der Waals surface area contributed by atoms with E-state index < -0.39 is 0 Å². The van der Waals surface area contributed by atoms with Gasteiger partial charge in [0.1, 0.15) is 0 Å². The van der Waals surface area contributed by atoms with E-state index in [0.717, 1.165) is 11.0 Å². The fourth-order valence-electron chi connectivity index (χ4n) is 1.89. The molecule has 0 aliphatic heterocycles. The number of rotatable bonds is 5. The summed E-state index contributed by atoms with van der Waals surface area (Å²) in [6.45, 7) is 8.41. The van der Waals surface area contributed by atoms with Crippen LogP contribution >= 0.6 is 0 Å². The number of anilines is 1. The normalized spacial score (nSPS) is 11.5. The highest BCUT2D eigenvalue weighted by Crippen LogP contribution is 2.18. The van der Waals surface area contributed by atoms with Gasteiger partial charge in [0.15, 0.2) is 5.65 Å². The maximum absolute atomic E-state index is 11.7. The summed E-state index contributed by atoms with van der Waals surface area (Å²) in [7, 11) is 0. The summed E-state index contributed by atoms with van der Waals surface area (Å²) in [6, 6.07) is 2.43. The Labute approximate surface area is 118 Å². The van der Waals surface area contributed by atoms with E-state index in [9.17, 15) is 4.79 Å². The molecule has 6 heteroatoms. The third-order valence-corrected chi connectivity index (χ3v) is 2.88. The van der Waals surface area contributed by atoms with Gasteiger partial charge in [-0.25, -0.2) is 9.67 Å². The molecule has 2 heterocycles. The molecule has 6 nitrogen and oxygen atoms in total. The molecule has 0 atom stereocenters. The predicted molar refractivity (Wildman–Crippen MR) is 79.7 cm³/mol. The van der Waals surface area contributed by atoms with E-state index in [1.165, 1.54) is 0 Å². The second kappa shape index (κ2) is 6.00. The number of hydrogen-bond acceptors (Lipinski definition) is 4. The molecular weight excluding hydrogens is 254 g/mol. The summed E-state index contributed by atoms with van der Waals surface area (Å²) in [5.41, 5.74) is 1.52. The van der Waals surface area contributed by atoms with E-state index >= 15 is 0 Å². The van der Waals surface area contributed by atoms with Gasteiger partial charge < -0.3 is 10.6 Å². The van der Waals surface area contributed by atoms with Gasteiger partial charge in [-0.1, -0.05) is 13.8 Å². The minimum Gasteiger partial charge on any atom is -0.324 e. The van der Waals surface area contributed by atoms with Crippen LogP contribution < -0.4 is 10.6 Å². The van der Waals surface area contributed by atoms with E-state index in [2.05, 4.69) is 34.6 Å². The average Bonchev–Trinajstić information content (AvgIpc) is 2.79. The van der Waals surface area contributed by atoms with Crippen LogP contribution in [-0.2, 0) is 4.79 Å². The van der Waals surface area contributed by atoms with Crippen molar-refractivity contribution >= 4 is 22.6 Å². The van der Waals surface area contributed by atoms with E-state index in [-0.39, 0.29) is 18.0 Å². The van der Waals surface area contributed by atoms with Crippen molar-refractivity contribution < 1.29 is 4.79 Å². The number of carbonyl (C=O) groups is 1. The number of nitrogens with one attached hydrogen (secondary N) is 2. The van der Waals surface area contributed by atoms with Gasteiger partial charge in [-0.2, -0.15) is 5.10 Å². The SMILES string of the molecule is CC(C)NCC(=O)Nc1cnc2c(cnn2C(C)C)c1. The van der Waals surface area contributed by atoms with E-state index in [0.29, 0.717) is 12.2 Å². The van der Waals surface area contributed by atoms with Gasteiger partial charge in [0.25, 0.3) is 0 Å². The van der Waals surface area contributed by atoms with Gasteiger partial charge in [0, 0.05) is 17.5 Å². The van der Waals surface area contributed by atoms with Gasteiger partial charge in [-0.15, -0.1) is 0 Å². The van der Waals surface area contributed by atoms with Gasteiger partial charge in [0.05, 0.1) is 24.6 Å². The van der Waals surface area contributed by atoms with Crippen LogP contribution in [0.4, 0.5) is 5.69 Å². The van der Waals surface area contributed by atoms with E-state index in [1.54, 1.807) is 12.4 Å². The van der Waals surface area contributed by atoms with Gasteiger partial charge >= 0.3 is 0 Å². The van der Waals surface area contributed by atoms with E-state index in [1.807, 2.05) is 24.6 Å². The topological polar surface area (TPSA) is 71.8 Å². The molecule has 20 heavy (non-hydrogen) atoms. The lowest BCUT2D eigenvalue weighted by molar-refractivity contribution is -0.115. The maximum atomic E-state index is 11.7. The van der Waals surface area contributed by atoms with Crippen LogP contribution in [0.25, 0.3) is 11.0 Å². The average molecular weight is 275 g/mol. The molecule has 2 aromatic heterocycles. The minimum absolute atomic E-state index is 0.0731. The third-order valence-electron chi connectivity index (χ3n) is 2.88. The zero-order valence-electron chi connectivity index (χ0n) is 12.3. The summed E-state index contributed by atoms with van der Waals surface area (Å²) < 4.78 is 1.86. The third kappa shape index (κ3) is 3.33. The Morgan fingerprint density at radius 1 is 1.30 bits per heavy atom. The first-order valence-electron chi connectivity index (χ1n) is 6.84. The lowest BCUT2D eigenvalue weighted by Gasteiger charge is -2.09. The molecule has 0 fully saturated rings. The van der Waals surface area contributed by atoms with Crippen LogP contribution in [0.15, 0.2) is 18.5 Å². The molecule has 2 N–H and O–H groups in total. The number of carbonyl (C=O) groups excluding carboxylic acids is 1. The van der Waals surface area contributed by atoms with Crippen molar-refractivity contribution in [2.75, 3.05) is 11.9 Å². The van der Waals surface area contributed by atoms with Crippen molar-refractivity contribution in [2.24, 2.45) is 0 Å². The Morgan fingerprint density at radius 3 is 2.70 bits per heavy atom. The van der Waals surface area contributed by atoms with Crippen molar-refractivity contribution in [3.63, 3.8) is 0 Å². The van der Waals surface area contributed by atoms with Gasteiger partial charge in [0.2, 0.25) is 5.91 Å². The van der Waals surface area contributed by atoms with Crippen molar-refractivity contribution in [2.45, 2.75) is 39.8 Å². The highest BCUT2D eigenvalue weighted by atomic mass is 16.1. The van der Waals surface area contributed by atoms with Crippen LogP contribution in [0.5, 0.6) is 0 Å². The number of hydrogen-bond donors (Lipinski definition) is 2. The summed E-state index contributed by atoms with van der Waals surface area (Å²) in [5, 5.41) is 11.1. The number of amides is 1. The second-order valence-corrected chi connectivity index (χ2v) is 5.40. The molecule has 0 bridgehead atoms. The van der Waals surface area contributed by atoms with Crippen LogP contribution in [0.1, 0.15) is 33.7 Å². The quantitative estimate of drug-likeness (QED) is 0.875. The molecule has 108 valence electrons. The molecule has 0 saturated carbocycles. The Hall–Kier alpha value is -1.95. The van der Waals surface area contributed by atoms with Crippen molar-refractivity contribution in [1.29, 1.82) is 0 Å². The van der Waals surface area contributed by atoms with Crippen molar-refractivity contribution in [3.05, 3.63) is 18.5 Å². The molecule has 0 spiro atoms. The van der Waals surface area contributed by atoms with E-state index in [4.69, 9.17) is 0 Å². The summed E-state index contributed by atoms with van der Waals surface area (Å²) in [5.74, 6) is -0.0731. The summed E-state index contributed by atoms with van der Waals surface area (Å²) >= 11 is 0. The Kier molecular flexibility index (Phi) is 4.34. The van der Waals surface area contributed by atoms with Gasteiger partial charge in [-0.3, -0.25) is 4.79 Å². The fraction of sp³-hybridized carbons (Fsp3) is 0.500. The zero-order valence-corrected chi connectivity index (χ0v) is 12.3. The van der Waals surface area contributed by atoms with Crippen molar-refractivity contribution in [3.8, 4) is 0 Å². The fourth-order valence-corrected chi connectivity index (χ4v) is 1.89. The molecule has 0 saturated heterocycles. The predicted octanol–water partition coefficient (Wildman–Crippen LogP) is 1.95. The first-order valence-corrected chi connectivity index (χ1v) is 6.84. The second-order valence-electron chi connectivity index (χ2n) is 5.40. The zero-order chi connectivity index (χ0) is 14.7. The lowest BCUT2D eigenvalue weighted by Crippen LogP contribution is -2.32. The number of nitrogens with zero attached hydrogens (tertiary/aromatic N) is 3. The Morgan fingerprint density at radius 2 is 2.05 bits per heavy atom. The molecule has 0 radical (unpaired) electrons. The first-order chi connectivity index (χ1) is 9.47. The monoisotopic (exact) mass is 275 g/mol. The summed E-state index contributed by atoms with van der Waals surface area (Å²) in [6.07, 6.45) is 3.43. The molecule has 2 rings (SSSR count). The van der Waals surface area contributed by atoms with Crippen molar-refractivity contribution in [1.82, 2.24) is 20.1 Å². The standard InChI is InChI=1S/C14H21N5O/c1-9(2)15-8-13(20)18-12-5-11-6-17-19(10(3)4)14(11)16-7-12/h5-7,9-10,15H,8H2,1-4H3,(H,18,20). The largest absolute Gasteiger partial charge is 0.324 e. The highest BCUT2D eigenvalue weighted by molar-refractivity contribution is 5.93. The molecule has 2 aromatic rings. The number of pyridine rings is 1. The number of fused-ring (bicyclic) bond motifs is 1. The lowest BCUT2D eigenvalue weighted by atomic mass is 10.3. The molecule has 1 amide bonds. The molecule has 0 unspecified atom stereocenters. The first kappa shape index (κ1) is 14.5. The van der Waals surface area contributed by atoms with Crippen LogP contribution in [-0.4, -0.2) is 33.3 Å². The Bertz CT molecular complexity index is 603. The summed E-state index contributed by atoms with van der Waals surface area (Å²) in [4.78, 5) is 16.1. The smallest absolute Gasteiger partial charge is 0.238 e. The minimum atomic E-state index is -0.0731.